The fraction of sp³-hybridized carbons (Fsp3) is 0.200. The van der Waals surface area contributed by atoms with Gasteiger partial charge in [-0.3, -0.25) is 4.72 Å². The maximum absolute atomic E-state index is 12.6. The molecule has 21 heavy (non-hydrogen) atoms. The molecule has 0 aromatic heterocycles. The van der Waals surface area contributed by atoms with Crippen molar-refractivity contribution in [2.45, 2.75) is 23.6 Å². The smallest absolute Gasteiger partial charge is 0.262 e. The van der Waals surface area contributed by atoms with Crippen LogP contribution in [0.4, 0.5) is 11.4 Å². The van der Waals surface area contributed by atoms with Gasteiger partial charge >= 0.3 is 0 Å². The normalized spacial score (nSPS) is 11.4. The van der Waals surface area contributed by atoms with E-state index in [9.17, 15) is 8.42 Å². The topological polar surface area (TPSA) is 72.2 Å². The molecule has 0 atom stereocenters. The van der Waals surface area contributed by atoms with Gasteiger partial charge in [-0.05, 0) is 67.6 Å². The Labute approximate surface area is 129 Å². The van der Waals surface area contributed by atoms with Crippen LogP contribution in [0.3, 0.4) is 0 Å². The predicted octanol–water partition coefficient (Wildman–Crippen LogP) is 3.41. The third-order valence-corrected chi connectivity index (χ3v) is 5.52. The van der Waals surface area contributed by atoms with Crippen LogP contribution in [0.5, 0.6) is 0 Å². The Morgan fingerprint density at radius 2 is 1.57 bits per heavy atom. The van der Waals surface area contributed by atoms with E-state index < -0.39 is 10.0 Å². The first-order valence-electron chi connectivity index (χ1n) is 6.37. The average molecular weight is 322 g/mol. The van der Waals surface area contributed by atoms with Crippen molar-refractivity contribution < 1.29 is 8.42 Å². The van der Waals surface area contributed by atoms with Crippen molar-refractivity contribution in [3.05, 3.63) is 47.5 Å². The SMILES string of the molecule is CSc1ccc(NS(=O)(=O)c2c(C)cc(N)cc2C)cc1. The van der Waals surface area contributed by atoms with Gasteiger partial charge in [-0.15, -0.1) is 11.8 Å². The number of hydrogen-bond donors (Lipinski definition) is 2. The Balaban J connectivity index is 2.38. The molecule has 2 aromatic carbocycles. The number of aryl methyl sites for hydroxylation is 2. The molecule has 0 saturated heterocycles. The summed E-state index contributed by atoms with van der Waals surface area (Å²) in [6.07, 6.45) is 1.97. The zero-order chi connectivity index (χ0) is 15.6. The van der Waals surface area contributed by atoms with Gasteiger partial charge < -0.3 is 5.73 Å². The van der Waals surface area contributed by atoms with Crippen molar-refractivity contribution in [1.82, 2.24) is 0 Å². The van der Waals surface area contributed by atoms with Crippen molar-refractivity contribution in [3.8, 4) is 0 Å². The van der Waals surface area contributed by atoms with Crippen LogP contribution in [0, 0.1) is 13.8 Å². The van der Waals surface area contributed by atoms with E-state index in [2.05, 4.69) is 4.72 Å². The number of nitrogens with one attached hydrogen (secondary N) is 1. The summed E-state index contributed by atoms with van der Waals surface area (Å²) in [7, 11) is -3.62. The fourth-order valence-electron chi connectivity index (χ4n) is 2.27. The summed E-state index contributed by atoms with van der Waals surface area (Å²) in [6.45, 7) is 3.49. The lowest BCUT2D eigenvalue weighted by Gasteiger charge is -2.14. The van der Waals surface area contributed by atoms with E-state index in [4.69, 9.17) is 5.73 Å². The lowest BCUT2D eigenvalue weighted by molar-refractivity contribution is 0.600. The van der Waals surface area contributed by atoms with Gasteiger partial charge in [-0.1, -0.05) is 0 Å². The van der Waals surface area contributed by atoms with Crippen molar-refractivity contribution in [1.29, 1.82) is 0 Å². The van der Waals surface area contributed by atoms with E-state index in [1.54, 1.807) is 49.9 Å². The summed E-state index contributed by atoms with van der Waals surface area (Å²) in [4.78, 5) is 1.36. The minimum absolute atomic E-state index is 0.283. The zero-order valence-corrected chi connectivity index (χ0v) is 13.8. The second-order valence-corrected chi connectivity index (χ2v) is 7.32. The highest BCUT2D eigenvalue weighted by Crippen LogP contribution is 2.26. The molecule has 0 bridgehead atoms. The second kappa shape index (κ2) is 5.99. The largest absolute Gasteiger partial charge is 0.399 e. The summed E-state index contributed by atoms with van der Waals surface area (Å²) >= 11 is 1.61. The molecule has 0 aliphatic rings. The van der Waals surface area contributed by atoms with E-state index >= 15 is 0 Å². The van der Waals surface area contributed by atoms with Crippen LogP contribution < -0.4 is 10.5 Å². The Morgan fingerprint density at radius 3 is 2.05 bits per heavy atom. The average Bonchev–Trinajstić information content (AvgIpc) is 2.37. The van der Waals surface area contributed by atoms with Crippen LogP contribution in [0.25, 0.3) is 0 Å². The highest BCUT2D eigenvalue weighted by Gasteiger charge is 2.20. The van der Waals surface area contributed by atoms with Crippen molar-refractivity contribution >= 4 is 33.2 Å². The minimum Gasteiger partial charge on any atom is -0.399 e. The quantitative estimate of drug-likeness (QED) is 0.668. The second-order valence-electron chi connectivity index (χ2n) is 4.82. The lowest BCUT2D eigenvalue weighted by Crippen LogP contribution is -2.16. The maximum atomic E-state index is 12.6. The van der Waals surface area contributed by atoms with E-state index in [0.717, 1.165) is 4.90 Å². The number of sulfonamides is 1. The van der Waals surface area contributed by atoms with Crippen LogP contribution in [0.15, 0.2) is 46.2 Å². The first-order valence-corrected chi connectivity index (χ1v) is 9.08. The number of hydrogen-bond acceptors (Lipinski definition) is 4. The van der Waals surface area contributed by atoms with Crippen LogP contribution in [0.1, 0.15) is 11.1 Å². The molecule has 6 heteroatoms. The third-order valence-electron chi connectivity index (χ3n) is 3.09. The minimum atomic E-state index is -3.62. The van der Waals surface area contributed by atoms with E-state index in [1.165, 1.54) is 0 Å². The number of thioether (sulfide) groups is 1. The molecule has 0 amide bonds. The van der Waals surface area contributed by atoms with Crippen molar-refractivity contribution in [2.24, 2.45) is 0 Å². The van der Waals surface area contributed by atoms with E-state index in [1.807, 2.05) is 18.4 Å². The molecule has 0 fully saturated rings. The van der Waals surface area contributed by atoms with Crippen LogP contribution >= 0.6 is 11.8 Å². The van der Waals surface area contributed by atoms with Gasteiger partial charge in [-0.25, -0.2) is 8.42 Å². The van der Waals surface area contributed by atoms with Crippen LogP contribution in [0.2, 0.25) is 0 Å². The molecule has 2 aromatic rings. The van der Waals surface area contributed by atoms with Crippen LogP contribution in [-0.2, 0) is 10.0 Å². The molecular weight excluding hydrogens is 304 g/mol. The fourth-order valence-corrected chi connectivity index (χ4v) is 4.20. The molecule has 4 nitrogen and oxygen atoms in total. The predicted molar refractivity (Wildman–Crippen MR) is 89.4 cm³/mol. The first-order chi connectivity index (χ1) is 9.83. The Kier molecular flexibility index (Phi) is 4.49. The van der Waals surface area contributed by atoms with Gasteiger partial charge in [0.1, 0.15) is 0 Å². The van der Waals surface area contributed by atoms with E-state index in [-0.39, 0.29) is 4.90 Å². The highest BCUT2D eigenvalue weighted by atomic mass is 32.2. The third kappa shape index (κ3) is 3.51. The standard InChI is InChI=1S/C15H18N2O2S2/c1-10-8-12(16)9-11(2)15(10)21(18,19)17-13-4-6-14(20-3)7-5-13/h4-9,17H,16H2,1-3H3. The number of benzene rings is 2. The van der Waals surface area contributed by atoms with Gasteiger partial charge in [0, 0.05) is 16.3 Å². The molecular formula is C15H18N2O2S2. The Hall–Kier alpha value is -1.66. The molecule has 0 heterocycles. The Bertz CT molecular complexity index is 731. The van der Waals surface area contributed by atoms with E-state index in [0.29, 0.717) is 22.5 Å². The molecule has 0 saturated carbocycles. The summed E-state index contributed by atoms with van der Waals surface area (Å²) in [5.41, 5.74) is 8.13. The molecule has 2 rings (SSSR count). The van der Waals surface area contributed by atoms with Gasteiger partial charge in [0.25, 0.3) is 10.0 Å². The Morgan fingerprint density at radius 1 is 1.05 bits per heavy atom. The molecule has 0 aliphatic carbocycles. The molecule has 112 valence electrons. The van der Waals surface area contributed by atoms with Gasteiger partial charge in [0.15, 0.2) is 0 Å². The number of rotatable bonds is 4. The van der Waals surface area contributed by atoms with Crippen molar-refractivity contribution in [2.75, 3.05) is 16.7 Å². The summed E-state index contributed by atoms with van der Waals surface area (Å²) in [6, 6.07) is 10.6. The molecule has 0 radical (unpaired) electrons. The first kappa shape index (κ1) is 15.7. The number of anilines is 2. The lowest BCUT2D eigenvalue weighted by atomic mass is 10.1. The van der Waals surface area contributed by atoms with Gasteiger partial charge in [-0.2, -0.15) is 0 Å². The summed E-state index contributed by atoms with van der Waals surface area (Å²) in [5.74, 6) is 0. The monoisotopic (exact) mass is 322 g/mol. The maximum Gasteiger partial charge on any atom is 0.262 e. The van der Waals surface area contributed by atoms with Crippen molar-refractivity contribution in [3.63, 3.8) is 0 Å². The molecule has 0 aliphatic heterocycles. The van der Waals surface area contributed by atoms with Gasteiger partial charge in [0.05, 0.1) is 4.90 Å². The van der Waals surface area contributed by atoms with Gasteiger partial charge in [0.2, 0.25) is 0 Å². The summed E-state index contributed by atoms with van der Waals surface area (Å²) in [5, 5.41) is 0. The summed E-state index contributed by atoms with van der Waals surface area (Å²) < 4.78 is 27.7. The molecule has 0 unspecified atom stereocenters. The molecule has 3 N–H and O–H groups in total. The molecule has 0 spiro atoms. The van der Waals surface area contributed by atoms with Crippen LogP contribution in [-0.4, -0.2) is 14.7 Å². The zero-order valence-electron chi connectivity index (χ0n) is 12.2. The number of nitrogens with two attached hydrogens (primary N) is 1. The number of nitrogen functional groups attached to an aromatic ring is 1. The highest BCUT2D eigenvalue weighted by molar-refractivity contribution is 7.98.